The molecule has 10 nitrogen and oxygen atoms in total. The Kier molecular flexibility index (Phi) is 5.50. The number of benzene rings is 2. The molecule has 0 unspecified atom stereocenters. The fourth-order valence-corrected chi connectivity index (χ4v) is 3.33. The second-order valence-electron chi connectivity index (χ2n) is 6.77. The van der Waals surface area contributed by atoms with Gasteiger partial charge in [0, 0.05) is 17.6 Å². The van der Waals surface area contributed by atoms with E-state index in [9.17, 15) is 14.7 Å². The van der Waals surface area contributed by atoms with Crippen molar-refractivity contribution in [2.24, 2.45) is 0 Å². The summed E-state index contributed by atoms with van der Waals surface area (Å²) in [7, 11) is 3.07. The van der Waals surface area contributed by atoms with Crippen LogP contribution in [-0.4, -0.2) is 52.8 Å². The van der Waals surface area contributed by atoms with Crippen LogP contribution in [0.2, 0.25) is 0 Å². The number of carboxylic acids is 1. The lowest BCUT2D eigenvalue weighted by molar-refractivity contribution is 0.0698. The van der Waals surface area contributed by atoms with Crippen LogP contribution < -0.4 is 19.5 Å². The summed E-state index contributed by atoms with van der Waals surface area (Å²) in [5.74, 6) is -0.0953. The van der Waals surface area contributed by atoms with Gasteiger partial charge in [-0.3, -0.25) is 15.1 Å². The van der Waals surface area contributed by atoms with Crippen LogP contribution in [0.25, 0.3) is 21.8 Å². The number of carbonyl (C=O) groups excluding carboxylic acids is 1. The zero-order chi connectivity index (χ0) is 22.8. The van der Waals surface area contributed by atoms with Crippen molar-refractivity contribution in [3.63, 3.8) is 0 Å². The van der Waals surface area contributed by atoms with Crippen molar-refractivity contribution in [3.8, 4) is 17.2 Å². The number of carboxylic acid groups (broad SMARTS) is 1. The maximum absolute atomic E-state index is 12.8. The molecular weight excluding hydrogens is 416 g/mol. The zero-order valence-electron chi connectivity index (χ0n) is 17.6. The number of methoxy groups -OCH3 is 2. The number of imidazole rings is 1. The van der Waals surface area contributed by atoms with Gasteiger partial charge in [-0.05, 0) is 36.6 Å². The van der Waals surface area contributed by atoms with Crippen LogP contribution in [0.15, 0.2) is 36.5 Å². The molecule has 0 aliphatic heterocycles. The monoisotopic (exact) mass is 436 g/mol. The van der Waals surface area contributed by atoms with Gasteiger partial charge < -0.3 is 24.3 Å². The van der Waals surface area contributed by atoms with Crippen molar-refractivity contribution in [1.82, 2.24) is 15.0 Å². The molecule has 4 aromatic rings. The lowest BCUT2D eigenvalue weighted by Crippen LogP contribution is -2.14. The Labute approximate surface area is 182 Å². The Hall–Kier alpha value is -4.34. The summed E-state index contributed by atoms with van der Waals surface area (Å²) in [4.78, 5) is 35.7. The molecule has 0 bridgehead atoms. The predicted molar refractivity (Wildman–Crippen MR) is 117 cm³/mol. The van der Waals surface area contributed by atoms with E-state index >= 15 is 0 Å². The van der Waals surface area contributed by atoms with Crippen LogP contribution in [0.4, 0.5) is 5.95 Å². The molecule has 2 heterocycles. The summed E-state index contributed by atoms with van der Waals surface area (Å²) in [6.45, 7) is 2.18. The highest BCUT2D eigenvalue weighted by Gasteiger charge is 2.18. The molecule has 2 aromatic carbocycles. The first-order chi connectivity index (χ1) is 15.4. The van der Waals surface area contributed by atoms with E-state index in [1.165, 1.54) is 13.2 Å². The number of aromatic nitrogens is 3. The Morgan fingerprint density at radius 1 is 1.06 bits per heavy atom. The SMILES string of the molecule is CCOc1cc(C(=O)O)c2nc(NC(=O)c3cc4cc(OC)c(OC)cc4cn3)[nH]c2c1. The van der Waals surface area contributed by atoms with Crippen LogP contribution in [-0.2, 0) is 0 Å². The molecule has 0 fully saturated rings. The lowest BCUT2D eigenvalue weighted by Gasteiger charge is -2.09. The normalized spacial score (nSPS) is 10.8. The number of fused-ring (bicyclic) bond motifs is 2. The summed E-state index contributed by atoms with van der Waals surface area (Å²) in [5, 5.41) is 13.6. The van der Waals surface area contributed by atoms with Gasteiger partial charge >= 0.3 is 5.97 Å². The number of hydrogen-bond donors (Lipinski definition) is 3. The van der Waals surface area contributed by atoms with Crippen LogP contribution in [0.5, 0.6) is 17.2 Å². The number of rotatable bonds is 7. The first-order valence-corrected chi connectivity index (χ1v) is 9.66. The third-order valence-electron chi connectivity index (χ3n) is 4.79. The molecule has 0 aliphatic carbocycles. The van der Waals surface area contributed by atoms with E-state index in [-0.39, 0.29) is 22.7 Å². The molecule has 0 saturated carbocycles. The number of anilines is 1. The van der Waals surface area contributed by atoms with Crippen molar-refractivity contribution < 1.29 is 28.9 Å². The topological polar surface area (TPSA) is 136 Å². The number of ether oxygens (including phenoxy) is 3. The van der Waals surface area contributed by atoms with Crippen molar-refractivity contribution in [2.75, 3.05) is 26.1 Å². The number of nitrogens with zero attached hydrogens (tertiary/aromatic N) is 2. The van der Waals surface area contributed by atoms with Gasteiger partial charge in [-0.2, -0.15) is 0 Å². The molecular formula is C22H20N4O6. The van der Waals surface area contributed by atoms with E-state index in [4.69, 9.17) is 14.2 Å². The van der Waals surface area contributed by atoms with Gasteiger partial charge in [-0.15, -0.1) is 0 Å². The highest BCUT2D eigenvalue weighted by molar-refractivity contribution is 6.06. The van der Waals surface area contributed by atoms with Gasteiger partial charge in [0.25, 0.3) is 5.91 Å². The second-order valence-corrected chi connectivity index (χ2v) is 6.77. The minimum Gasteiger partial charge on any atom is -0.494 e. The number of aromatic amines is 1. The molecule has 1 amide bonds. The van der Waals surface area contributed by atoms with Crippen LogP contribution in [0.3, 0.4) is 0 Å². The Balaban J connectivity index is 1.66. The quantitative estimate of drug-likeness (QED) is 0.401. The van der Waals surface area contributed by atoms with Crippen LogP contribution in [0, 0.1) is 0 Å². The average molecular weight is 436 g/mol. The van der Waals surface area contributed by atoms with Crippen LogP contribution in [0.1, 0.15) is 27.8 Å². The van der Waals surface area contributed by atoms with Crippen molar-refractivity contribution in [1.29, 1.82) is 0 Å². The summed E-state index contributed by atoms with van der Waals surface area (Å²) < 4.78 is 16.0. The molecule has 164 valence electrons. The van der Waals surface area contributed by atoms with Crippen molar-refractivity contribution in [3.05, 3.63) is 47.8 Å². The fraction of sp³-hybridized carbons (Fsp3) is 0.182. The molecule has 3 N–H and O–H groups in total. The van der Waals surface area contributed by atoms with E-state index in [0.717, 1.165) is 10.8 Å². The summed E-state index contributed by atoms with van der Waals surface area (Å²) >= 11 is 0. The van der Waals surface area contributed by atoms with Gasteiger partial charge in [0.2, 0.25) is 5.95 Å². The van der Waals surface area contributed by atoms with Gasteiger partial charge in [-0.1, -0.05) is 0 Å². The summed E-state index contributed by atoms with van der Waals surface area (Å²) in [6.07, 6.45) is 1.56. The standard InChI is InChI=1S/C22H20N4O6/c1-4-32-13-8-14(21(28)29)19-15(9-13)24-22(25-19)26-20(27)16-5-11-6-17(30-2)18(31-3)7-12(11)10-23-16/h5-10H,4H2,1-3H3,(H,28,29)(H2,24,25,26,27). The van der Waals surface area contributed by atoms with Gasteiger partial charge in [-0.25, -0.2) is 9.78 Å². The molecule has 4 rings (SSSR count). The largest absolute Gasteiger partial charge is 0.494 e. The molecule has 10 heteroatoms. The summed E-state index contributed by atoms with van der Waals surface area (Å²) in [5.41, 5.74) is 0.748. The maximum Gasteiger partial charge on any atom is 0.338 e. The second kappa shape index (κ2) is 8.42. The van der Waals surface area contributed by atoms with E-state index in [1.807, 2.05) is 0 Å². The highest BCUT2D eigenvalue weighted by atomic mass is 16.5. The number of aromatic carboxylic acids is 1. The third kappa shape index (κ3) is 3.85. The zero-order valence-corrected chi connectivity index (χ0v) is 17.6. The number of amides is 1. The fourth-order valence-electron chi connectivity index (χ4n) is 3.33. The Morgan fingerprint density at radius 3 is 2.44 bits per heavy atom. The van der Waals surface area contributed by atoms with Crippen LogP contribution >= 0.6 is 0 Å². The van der Waals surface area contributed by atoms with E-state index in [1.54, 1.807) is 44.5 Å². The third-order valence-corrected chi connectivity index (χ3v) is 4.79. The number of H-pyrrole nitrogens is 1. The molecule has 0 spiro atoms. The minimum absolute atomic E-state index is 0.0347. The van der Waals surface area contributed by atoms with Crippen molar-refractivity contribution in [2.45, 2.75) is 6.92 Å². The van der Waals surface area contributed by atoms with Gasteiger partial charge in [0.1, 0.15) is 17.0 Å². The van der Waals surface area contributed by atoms with Gasteiger partial charge in [0.15, 0.2) is 11.5 Å². The Bertz CT molecular complexity index is 1350. The molecule has 0 atom stereocenters. The number of carbonyl (C=O) groups is 2. The molecule has 32 heavy (non-hydrogen) atoms. The molecule has 0 saturated heterocycles. The first kappa shape index (κ1) is 20.9. The number of nitrogens with one attached hydrogen (secondary N) is 2. The smallest absolute Gasteiger partial charge is 0.338 e. The Morgan fingerprint density at radius 2 is 1.78 bits per heavy atom. The summed E-state index contributed by atoms with van der Waals surface area (Å²) in [6, 6.07) is 8.16. The number of pyridine rings is 1. The first-order valence-electron chi connectivity index (χ1n) is 9.66. The predicted octanol–water partition coefficient (Wildman–Crippen LogP) is 3.48. The van der Waals surface area contributed by atoms with Crippen molar-refractivity contribution >= 4 is 39.6 Å². The van der Waals surface area contributed by atoms with E-state index < -0.39 is 11.9 Å². The van der Waals surface area contributed by atoms with E-state index in [2.05, 4.69) is 20.3 Å². The average Bonchev–Trinajstić information content (AvgIpc) is 3.19. The van der Waals surface area contributed by atoms with E-state index in [0.29, 0.717) is 29.4 Å². The maximum atomic E-state index is 12.8. The number of hydrogen-bond acceptors (Lipinski definition) is 7. The lowest BCUT2D eigenvalue weighted by atomic mass is 10.1. The highest BCUT2D eigenvalue weighted by Crippen LogP contribution is 2.32. The van der Waals surface area contributed by atoms with Gasteiger partial charge in [0.05, 0.1) is 31.9 Å². The molecule has 0 aliphatic rings. The molecule has 2 aromatic heterocycles. The minimum atomic E-state index is -1.15. The molecule has 0 radical (unpaired) electrons.